The van der Waals surface area contributed by atoms with Crippen LogP contribution in [0.25, 0.3) is 0 Å². The fourth-order valence-electron chi connectivity index (χ4n) is 1.34. The quantitative estimate of drug-likeness (QED) is 0.736. The summed E-state index contributed by atoms with van der Waals surface area (Å²) in [5, 5.41) is 0. The molecule has 1 saturated carbocycles. The van der Waals surface area contributed by atoms with Crippen LogP contribution in [0.5, 0.6) is 0 Å². The second kappa shape index (κ2) is 2.92. The monoisotopic (exact) mass is 192 g/mol. The van der Waals surface area contributed by atoms with E-state index in [1.54, 1.807) is 6.07 Å². The first kappa shape index (κ1) is 9.40. The summed E-state index contributed by atoms with van der Waals surface area (Å²) in [5.41, 5.74) is 12.1. The number of rotatable bonds is 2. The molecular weight excluding hydrogens is 176 g/mol. The zero-order valence-corrected chi connectivity index (χ0v) is 8.62. The largest absolute Gasteiger partial charge is 0.384 e. The summed E-state index contributed by atoms with van der Waals surface area (Å²) >= 11 is 0. The van der Waals surface area contributed by atoms with Gasteiger partial charge in [-0.25, -0.2) is 9.97 Å². The molecule has 0 unspecified atom stereocenters. The molecule has 0 saturated heterocycles. The average molecular weight is 192 g/mol. The normalized spacial score (nSPS) is 17.1. The second-order valence-electron chi connectivity index (χ2n) is 4.53. The van der Waals surface area contributed by atoms with Crippen LogP contribution < -0.4 is 11.5 Å². The number of nitrogen functional groups attached to an aromatic ring is 1. The van der Waals surface area contributed by atoms with Crippen molar-refractivity contribution in [2.24, 2.45) is 5.73 Å². The number of anilines is 1. The maximum atomic E-state index is 5.97. The highest BCUT2D eigenvalue weighted by molar-refractivity contribution is 5.33. The van der Waals surface area contributed by atoms with Crippen LogP contribution in [0.1, 0.15) is 44.1 Å². The van der Waals surface area contributed by atoms with E-state index >= 15 is 0 Å². The van der Waals surface area contributed by atoms with E-state index in [0.717, 1.165) is 11.5 Å². The molecule has 1 aliphatic carbocycles. The van der Waals surface area contributed by atoms with E-state index in [1.165, 1.54) is 12.8 Å². The summed E-state index contributed by atoms with van der Waals surface area (Å²) in [4.78, 5) is 8.67. The molecule has 1 aromatic heterocycles. The fourth-order valence-corrected chi connectivity index (χ4v) is 1.34. The number of hydrogen-bond donors (Lipinski definition) is 2. The maximum Gasteiger partial charge on any atom is 0.134 e. The third-order valence-electron chi connectivity index (χ3n) is 2.37. The minimum absolute atomic E-state index is 0.444. The van der Waals surface area contributed by atoms with E-state index in [0.29, 0.717) is 11.7 Å². The van der Waals surface area contributed by atoms with Gasteiger partial charge in [-0.1, -0.05) is 0 Å². The molecular formula is C10H16N4. The van der Waals surface area contributed by atoms with Crippen LogP contribution in [0, 0.1) is 0 Å². The summed E-state index contributed by atoms with van der Waals surface area (Å²) in [7, 11) is 0. The third kappa shape index (κ3) is 1.85. The number of hydrogen-bond acceptors (Lipinski definition) is 4. The molecule has 4 nitrogen and oxygen atoms in total. The third-order valence-corrected chi connectivity index (χ3v) is 2.37. The molecule has 0 radical (unpaired) electrons. The lowest BCUT2D eigenvalue weighted by atomic mass is 10.0. The Morgan fingerprint density at radius 2 is 2.00 bits per heavy atom. The smallest absolute Gasteiger partial charge is 0.134 e. The standard InChI is InChI=1S/C10H16N4/c1-10(2,12)7-5-8(11)14-9(13-7)6-3-4-6/h5-6H,3-4,12H2,1-2H3,(H2,11,13,14). The van der Waals surface area contributed by atoms with E-state index < -0.39 is 5.54 Å². The lowest BCUT2D eigenvalue weighted by Gasteiger charge is -2.18. The van der Waals surface area contributed by atoms with Crippen LogP contribution in [0.3, 0.4) is 0 Å². The molecule has 0 bridgehead atoms. The summed E-state index contributed by atoms with van der Waals surface area (Å²) < 4.78 is 0. The second-order valence-corrected chi connectivity index (χ2v) is 4.53. The Balaban J connectivity index is 2.41. The van der Waals surface area contributed by atoms with Gasteiger partial charge in [0, 0.05) is 12.0 Å². The Morgan fingerprint density at radius 1 is 1.36 bits per heavy atom. The summed E-state index contributed by atoms with van der Waals surface area (Å²) in [6.07, 6.45) is 2.35. The molecule has 1 aliphatic rings. The first-order chi connectivity index (χ1) is 6.47. The van der Waals surface area contributed by atoms with Crippen LogP contribution in [0.15, 0.2) is 6.07 Å². The van der Waals surface area contributed by atoms with Gasteiger partial charge in [0.05, 0.1) is 11.2 Å². The van der Waals surface area contributed by atoms with E-state index in [1.807, 2.05) is 13.8 Å². The molecule has 1 heterocycles. The molecule has 0 aliphatic heterocycles. The molecule has 14 heavy (non-hydrogen) atoms. The van der Waals surface area contributed by atoms with Gasteiger partial charge >= 0.3 is 0 Å². The molecule has 1 fully saturated rings. The zero-order chi connectivity index (χ0) is 10.3. The SMILES string of the molecule is CC(C)(N)c1cc(N)nc(C2CC2)n1. The van der Waals surface area contributed by atoms with Crippen LogP contribution in [0.2, 0.25) is 0 Å². The van der Waals surface area contributed by atoms with Crippen LogP contribution in [-0.4, -0.2) is 9.97 Å². The topological polar surface area (TPSA) is 77.8 Å². The van der Waals surface area contributed by atoms with Gasteiger partial charge in [-0.05, 0) is 26.7 Å². The van der Waals surface area contributed by atoms with Crippen molar-refractivity contribution in [2.75, 3.05) is 5.73 Å². The highest BCUT2D eigenvalue weighted by Crippen LogP contribution is 2.38. The van der Waals surface area contributed by atoms with Gasteiger partial charge in [0.15, 0.2) is 0 Å². The predicted octanol–water partition coefficient (Wildman–Crippen LogP) is 1.13. The molecule has 0 spiro atoms. The Hall–Kier alpha value is -1.16. The zero-order valence-electron chi connectivity index (χ0n) is 8.62. The first-order valence-corrected chi connectivity index (χ1v) is 4.90. The van der Waals surface area contributed by atoms with Gasteiger partial charge in [0.25, 0.3) is 0 Å². The van der Waals surface area contributed by atoms with Gasteiger partial charge in [0.1, 0.15) is 11.6 Å². The Kier molecular flexibility index (Phi) is 1.96. The number of nitrogens with two attached hydrogens (primary N) is 2. The van der Waals surface area contributed by atoms with Gasteiger partial charge in [-0.2, -0.15) is 0 Å². The molecule has 0 atom stereocenters. The van der Waals surface area contributed by atoms with Crippen molar-refractivity contribution in [2.45, 2.75) is 38.1 Å². The Labute approximate surface area is 83.7 Å². The van der Waals surface area contributed by atoms with Crippen molar-refractivity contribution in [3.05, 3.63) is 17.6 Å². The maximum absolute atomic E-state index is 5.97. The Morgan fingerprint density at radius 3 is 2.50 bits per heavy atom. The van der Waals surface area contributed by atoms with Crippen LogP contribution in [0.4, 0.5) is 5.82 Å². The highest BCUT2D eigenvalue weighted by Gasteiger charge is 2.28. The highest BCUT2D eigenvalue weighted by atomic mass is 15.0. The first-order valence-electron chi connectivity index (χ1n) is 4.90. The van der Waals surface area contributed by atoms with E-state index in [2.05, 4.69) is 9.97 Å². The van der Waals surface area contributed by atoms with E-state index in [-0.39, 0.29) is 0 Å². The molecule has 76 valence electrons. The van der Waals surface area contributed by atoms with Crippen molar-refractivity contribution in [1.29, 1.82) is 0 Å². The number of nitrogens with zero attached hydrogens (tertiary/aromatic N) is 2. The number of aromatic nitrogens is 2. The fraction of sp³-hybridized carbons (Fsp3) is 0.600. The molecule has 0 aromatic carbocycles. The molecule has 4 heteroatoms. The average Bonchev–Trinajstić information content (AvgIpc) is 2.83. The molecule has 4 N–H and O–H groups in total. The lowest BCUT2D eigenvalue weighted by molar-refractivity contribution is 0.530. The molecule has 0 amide bonds. The van der Waals surface area contributed by atoms with Crippen molar-refractivity contribution < 1.29 is 0 Å². The molecule has 2 rings (SSSR count). The van der Waals surface area contributed by atoms with Crippen LogP contribution >= 0.6 is 0 Å². The van der Waals surface area contributed by atoms with Crippen molar-refractivity contribution >= 4 is 5.82 Å². The van der Waals surface area contributed by atoms with E-state index in [9.17, 15) is 0 Å². The minimum Gasteiger partial charge on any atom is -0.384 e. The summed E-state index contributed by atoms with van der Waals surface area (Å²) in [6.45, 7) is 3.84. The summed E-state index contributed by atoms with van der Waals surface area (Å²) in [5.74, 6) is 1.90. The lowest BCUT2D eigenvalue weighted by Crippen LogP contribution is -2.30. The van der Waals surface area contributed by atoms with Gasteiger partial charge in [-0.3, -0.25) is 0 Å². The Bertz CT molecular complexity index is 350. The van der Waals surface area contributed by atoms with Crippen LogP contribution in [-0.2, 0) is 5.54 Å². The predicted molar refractivity (Wildman–Crippen MR) is 55.6 cm³/mol. The van der Waals surface area contributed by atoms with Gasteiger partial charge < -0.3 is 11.5 Å². The summed E-state index contributed by atoms with van der Waals surface area (Å²) in [6, 6.07) is 1.76. The van der Waals surface area contributed by atoms with Gasteiger partial charge in [-0.15, -0.1) is 0 Å². The van der Waals surface area contributed by atoms with Gasteiger partial charge in [0.2, 0.25) is 0 Å². The van der Waals surface area contributed by atoms with E-state index in [4.69, 9.17) is 11.5 Å². The minimum atomic E-state index is -0.444. The molecule has 1 aromatic rings. The van der Waals surface area contributed by atoms with Crippen molar-refractivity contribution in [1.82, 2.24) is 9.97 Å². The van der Waals surface area contributed by atoms with Crippen molar-refractivity contribution in [3.63, 3.8) is 0 Å². The van der Waals surface area contributed by atoms with Crippen molar-refractivity contribution in [3.8, 4) is 0 Å².